The minimum absolute atomic E-state index is 0.189. The van der Waals surface area contributed by atoms with E-state index in [0.29, 0.717) is 5.92 Å². The van der Waals surface area contributed by atoms with E-state index in [0.717, 1.165) is 32.4 Å². The van der Waals surface area contributed by atoms with Gasteiger partial charge in [0.1, 0.15) is 5.60 Å². The number of rotatable bonds is 2. The van der Waals surface area contributed by atoms with Crippen molar-refractivity contribution in [3.63, 3.8) is 0 Å². The fourth-order valence-electron chi connectivity index (χ4n) is 2.09. The van der Waals surface area contributed by atoms with Gasteiger partial charge in [-0.1, -0.05) is 19.1 Å². The van der Waals surface area contributed by atoms with Crippen molar-refractivity contribution in [3.8, 4) is 0 Å². The molecule has 0 aromatic carbocycles. The van der Waals surface area contributed by atoms with Crippen LogP contribution in [-0.4, -0.2) is 29.7 Å². The number of piperidine rings is 1. The van der Waals surface area contributed by atoms with E-state index in [-0.39, 0.29) is 6.09 Å². The number of carbonyl (C=O) groups is 1. The second-order valence-corrected chi connectivity index (χ2v) is 5.78. The fraction of sp³-hybridized carbons (Fsp3) is 0.786. The van der Waals surface area contributed by atoms with Crippen molar-refractivity contribution in [1.82, 2.24) is 4.90 Å². The predicted octanol–water partition coefficient (Wildman–Crippen LogP) is 3.60. The molecule has 3 heteroatoms. The summed E-state index contributed by atoms with van der Waals surface area (Å²) in [5.74, 6) is 0.446. The topological polar surface area (TPSA) is 29.5 Å². The molecule has 1 atom stereocenters. The number of amides is 1. The van der Waals surface area contributed by atoms with Crippen LogP contribution < -0.4 is 0 Å². The van der Waals surface area contributed by atoms with E-state index in [2.05, 4.69) is 13.5 Å². The first-order valence-electron chi connectivity index (χ1n) is 6.49. The molecule has 1 heterocycles. The first-order chi connectivity index (χ1) is 7.83. The van der Waals surface area contributed by atoms with Crippen LogP contribution in [0.25, 0.3) is 0 Å². The molecule has 0 radical (unpaired) electrons. The minimum atomic E-state index is -0.411. The third-order valence-corrected chi connectivity index (χ3v) is 3.10. The number of ether oxygens (including phenoxy) is 1. The Labute approximate surface area is 105 Å². The molecule has 0 spiro atoms. The Bertz CT molecular complexity index is 291. The van der Waals surface area contributed by atoms with Gasteiger partial charge in [0.2, 0.25) is 0 Å². The van der Waals surface area contributed by atoms with Crippen LogP contribution >= 0.6 is 0 Å². The molecule has 0 saturated carbocycles. The summed E-state index contributed by atoms with van der Waals surface area (Å²) < 4.78 is 5.40. The third-order valence-electron chi connectivity index (χ3n) is 3.10. The van der Waals surface area contributed by atoms with Gasteiger partial charge in [0.15, 0.2) is 0 Å². The van der Waals surface area contributed by atoms with Gasteiger partial charge in [0.05, 0.1) is 0 Å². The van der Waals surface area contributed by atoms with Gasteiger partial charge in [-0.3, -0.25) is 0 Å². The minimum Gasteiger partial charge on any atom is -0.444 e. The lowest BCUT2D eigenvalue weighted by Crippen LogP contribution is -2.43. The molecule has 1 fully saturated rings. The van der Waals surface area contributed by atoms with Crippen LogP contribution in [-0.2, 0) is 4.74 Å². The van der Waals surface area contributed by atoms with Gasteiger partial charge in [-0.15, -0.1) is 0 Å². The van der Waals surface area contributed by atoms with Gasteiger partial charge in [-0.25, -0.2) is 4.79 Å². The van der Waals surface area contributed by atoms with Gasteiger partial charge in [0, 0.05) is 13.1 Å². The normalized spacial score (nSPS) is 21.2. The zero-order valence-electron chi connectivity index (χ0n) is 11.6. The lowest BCUT2D eigenvalue weighted by atomic mass is 9.90. The fourth-order valence-corrected chi connectivity index (χ4v) is 2.09. The Kier molecular flexibility index (Phi) is 4.61. The smallest absolute Gasteiger partial charge is 0.410 e. The first-order valence-corrected chi connectivity index (χ1v) is 6.49. The summed E-state index contributed by atoms with van der Waals surface area (Å²) in [7, 11) is 0. The molecular formula is C14H25NO2. The van der Waals surface area contributed by atoms with Gasteiger partial charge in [-0.2, -0.15) is 0 Å². The van der Waals surface area contributed by atoms with Gasteiger partial charge in [-0.05, 0) is 46.0 Å². The number of nitrogens with zero attached hydrogens (tertiary/aromatic N) is 1. The zero-order valence-corrected chi connectivity index (χ0v) is 11.6. The van der Waals surface area contributed by atoms with Crippen molar-refractivity contribution in [1.29, 1.82) is 0 Å². The maximum Gasteiger partial charge on any atom is 0.410 e. The largest absolute Gasteiger partial charge is 0.444 e. The summed E-state index contributed by atoms with van der Waals surface area (Å²) in [5, 5.41) is 0. The molecule has 1 aliphatic heterocycles. The molecule has 1 aliphatic rings. The highest BCUT2D eigenvalue weighted by Crippen LogP contribution is 2.25. The highest BCUT2D eigenvalue weighted by molar-refractivity contribution is 5.68. The molecule has 0 bridgehead atoms. The number of hydrogen-bond donors (Lipinski definition) is 0. The Morgan fingerprint density at radius 3 is 2.65 bits per heavy atom. The molecule has 1 saturated heterocycles. The Hall–Kier alpha value is -0.990. The van der Waals surface area contributed by atoms with E-state index in [1.54, 1.807) is 0 Å². The maximum absolute atomic E-state index is 11.9. The average molecular weight is 239 g/mol. The van der Waals surface area contributed by atoms with Crippen molar-refractivity contribution < 1.29 is 9.53 Å². The summed E-state index contributed by atoms with van der Waals surface area (Å²) in [4.78, 5) is 13.8. The van der Waals surface area contributed by atoms with Crippen molar-refractivity contribution in [2.24, 2.45) is 5.92 Å². The van der Waals surface area contributed by atoms with Gasteiger partial charge >= 0.3 is 6.09 Å². The average Bonchev–Trinajstić information content (AvgIpc) is 2.26. The summed E-state index contributed by atoms with van der Waals surface area (Å²) in [6.45, 7) is 13.5. The SMILES string of the molecule is C=C(CC)[C@H]1CCCN(C(=O)OC(C)(C)C)C1. The van der Waals surface area contributed by atoms with E-state index in [4.69, 9.17) is 4.74 Å². The molecule has 1 amide bonds. The summed E-state index contributed by atoms with van der Waals surface area (Å²) in [6.07, 6.45) is 2.99. The summed E-state index contributed by atoms with van der Waals surface area (Å²) in [5.41, 5.74) is 0.837. The van der Waals surface area contributed by atoms with Crippen LogP contribution in [0.1, 0.15) is 47.0 Å². The Morgan fingerprint density at radius 2 is 2.12 bits per heavy atom. The predicted molar refractivity (Wildman–Crippen MR) is 70.0 cm³/mol. The monoisotopic (exact) mass is 239 g/mol. The van der Waals surface area contributed by atoms with E-state index < -0.39 is 5.60 Å². The van der Waals surface area contributed by atoms with Crippen molar-refractivity contribution >= 4 is 6.09 Å². The molecule has 98 valence electrons. The van der Waals surface area contributed by atoms with Crippen LogP contribution in [0.4, 0.5) is 4.79 Å². The van der Waals surface area contributed by atoms with Crippen LogP contribution in [0.3, 0.4) is 0 Å². The van der Waals surface area contributed by atoms with E-state index >= 15 is 0 Å². The molecule has 0 aromatic heterocycles. The van der Waals surface area contributed by atoms with Gasteiger partial charge < -0.3 is 9.64 Å². The number of carbonyl (C=O) groups excluding carboxylic acids is 1. The molecule has 17 heavy (non-hydrogen) atoms. The van der Waals surface area contributed by atoms with E-state index in [1.165, 1.54) is 5.57 Å². The van der Waals surface area contributed by atoms with Crippen molar-refractivity contribution in [2.75, 3.05) is 13.1 Å². The Morgan fingerprint density at radius 1 is 1.47 bits per heavy atom. The van der Waals surface area contributed by atoms with E-state index in [9.17, 15) is 4.79 Å². The number of likely N-dealkylation sites (tertiary alicyclic amines) is 1. The Balaban J connectivity index is 2.55. The van der Waals surface area contributed by atoms with Crippen LogP contribution in [0.5, 0.6) is 0 Å². The highest BCUT2D eigenvalue weighted by atomic mass is 16.6. The standard InChI is InChI=1S/C14H25NO2/c1-6-11(2)12-8-7-9-15(10-12)13(16)17-14(3,4)5/h12H,2,6-10H2,1,3-5H3/t12-/m0/s1. The highest BCUT2D eigenvalue weighted by Gasteiger charge is 2.28. The van der Waals surface area contributed by atoms with Crippen LogP contribution in [0, 0.1) is 5.92 Å². The lowest BCUT2D eigenvalue weighted by Gasteiger charge is -2.34. The number of hydrogen-bond acceptors (Lipinski definition) is 2. The first kappa shape index (κ1) is 14.1. The molecule has 1 rings (SSSR count). The molecule has 3 nitrogen and oxygen atoms in total. The second kappa shape index (κ2) is 5.56. The van der Waals surface area contributed by atoms with Crippen molar-refractivity contribution in [2.45, 2.75) is 52.6 Å². The molecular weight excluding hydrogens is 214 g/mol. The zero-order chi connectivity index (χ0) is 13.1. The summed E-state index contributed by atoms with van der Waals surface area (Å²) >= 11 is 0. The summed E-state index contributed by atoms with van der Waals surface area (Å²) in [6, 6.07) is 0. The second-order valence-electron chi connectivity index (χ2n) is 5.78. The quantitative estimate of drug-likeness (QED) is 0.689. The van der Waals surface area contributed by atoms with Crippen molar-refractivity contribution in [3.05, 3.63) is 12.2 Å². The maximum atomic E-state index is 11.9. The molecule has 0 N–H and O–H groups in total. The van der Waals surface area contributed by atoms with Crippen LogP contribution in [0.2, 0.25) is 0 Å². The van der Waals surface area contributed by atoms with Gasteiger partial charge in [0.25, 0.3) is 0 Å². The molecule has 0 unspecified atom stereocenters. The molecule has 0 aromatic rings. The molecule has 0 aliphatic carbocycles. The van der Waals surface area contributed by atoms with Crippen LogP contribution in [0.15, 0.2) is 12.2 Å². The van der Waals surface area contributed by atoms with E-state index in [1.807, 2.05) is 25.7 Å². The third kappa shape index (κ3) is 4.41. The lowest BCUT2D eigenvalue weighted by molar-refractivity contribution is 0.0181.